The molecule has 1 heteroatoms. The maximum absolute atomic E-state index is 3.25. The van der Waals surface area contributed by atoms with Gasteiger partial charge >= 0.3 is 0 Å². The largest absolute Gasteiger partial charge is 0.358 e. The Bertz CT molecular complexity index is 63.2. The van der Waals surface area contributed by atoms with E-state index >= 15 is 0 Å². The summed E-state index contributed by atoms with van der Waals surface area (Å²) in [5, 5.41) is 0. The van der Waals surface area contributed by atoms with E-state index in [-0.39, 0.29) is 33.3 Å². The first-order valence-corrected chi connectivity index (χ1v) is 3.84. The average Bonchev–Trinajstić information content (AvgIpc) is 2.71. The van der Waals surface area contributed by atoms with E-state index in [0.717, 1.165) is 6.42 Å². The summed E-state index contributed by atoms with van der Waals surface area (Å²) in [7, 11) is 0. The second kappa shape index (κ2) is 55.6. The minimum atomic E-state index is 0. The molecular formula is C12H23Hf-5. The van der Waals surface area contributed by atoms with Crippen LogP contribution in [0.5, 0.6) is 0 Å². The molecule has 0 aliphatic heterocycles. The van der Waals surface area contributed by atoms with Crippen molar-refractivity contribution in [2.45, 2.75) is 27.2 Å². The number of rotatable bonds is 0. The maximum atomic E-state index is 3.25. The first-order valence-electron chi connectivity index (χ1n) is 3.84. The monoisotopic (exact) mass is 347 g/mol. The standard InChI is InChI=1S/C5H5.3C2H5.CH3.Hf/c1-2-4-5-3-1;3*1-2;;/h1-3H,4H2;3*1H2,2H3;1H3;/q5*-1;. The molecule has 0 spiro atoms. The van der Waals surface area contributed by atoms with Gasteiger partial charge in [0.1, 0.15) is 0 Å². The van der Waals surface area contributed by atoms with Gasteiger partial charge in [0.2, 0.25) is 0 Å². The summed E-state index contributed by atoms with van der Waals surface area (Å²) in [5.41, 5.74) is 0. The van der Waals surface area contributed by atoms with E-state index in [1.807, 2.05) is 12.2 Å². The molecule has 0 aromatic rings. The van der Waals surface area contributed by atoms with Crippen LogP contribution in [0.2, 0.25) is 0 Å². The zero-order valence-electron chi connectivity index (χ0n) is 9.56. The van der Waals surface area contributed by atoms with Gasteiger partial charge in [0.05, 0.1) is 0 Å². The normalized spacial score (nSPS) is 8.15. The van der Waals surface area contributed by atoms with Crippen LogP contribution < -0.4 is 0 Å². The van der Waals surface area contributed by atoms with Crippen LogP contribution in [-0.4, -0.2) is 0 Å². The Labute approximate surface area is 105 Å². The summed E-state index contributed by atoms with van der Waals surface area (Å²) in [6.07, 6.45) is 10.0. The van der Waals surface area contributed by atoms with E-state index in [1.54, 1.807) is 20.8 Å². The van der Waals surface area contributed by atoms with Crippen LogP contribution in [0.1, 0.15) is 27.2 Å². The fraction of sp³-hybridized carbons (Fsp3) is 0.333. The van der Waals surface area contributed by atoms with E-state index in [4.69, 9.17) is 0 Å². The van der Waals surface area contributed by atoms with Crippen LogP contribution in [0.3, 0.4) is 0 Å². The summed E-state index contributed by atoms with van der Waals surface area (Å²) in [5.74, 6) is 0. The molecule has 13 heavy (non-hydrogen) atoms. The summed E-state index contributed by atoms with van der Waals surface area (Å²) in [6.45, 7) is 15.0. The van der Waals surface area contributed by atoms with Crippen LogP contribution in [0, 0.1) is 34.3 Å². The van der Waals surface area contributed by atoms with Crippen molar-refractivity contribution in [1.82, 2.24) is 0 Å². The SMILES string of the molecule is [C-]1=CC=CC1.[CH2-]C.[CH2-]C.[CH2-]C.[CH3-].[Hf]. The third kappa shape index (κ3) is 46.2. The van der Waals surface area contributed by atoms with Crippen molar-refractivity contribution in [1.29, 1.82) is 0 Å². The van der Waals surface area contributed by atoms with E-state index in [2.05, 4.69) is 32.9 Å². The van der Waals surface area contributed by atoms with Gasteiger partial charge in [-0.1, -0.05) is 0 Å². The van der Waals surface area contributed by atoms with Crippen LogP contribution >= 0.6 is 0 Å². The van der Waals surface area contributed by atoms with Gasteiger partial charge in [-0.15, -0.1) is 6.42 Å². The van der Waals surface area contributed by atoms with Gasteiger partial charge in [0, 0.05) is 25.8 Å². The molecule has 0 aromatic carbocycles. The molecule has 1 aliphatic carbocycles. The Morgan fingerprint density at radius 1 is 1.00 bits per heavy atom. The molecule has 0 bridgehead atoms. The van der Waals surface area contributed by atoms with E-state index in [9.17, 15) is 0 Å². The first-order chi connectivity index (χ1) is 5.50. The number of allylic oxidation sites excluding steroid dienone is 4. The fourth-order valence-corrected chi connectivity index (χ4v) is 0.340. The number of hydrogen-bond acceptors (Lipinski definition) is 0. The van der Waals surface area contributed by atoms with Crippen molar-refractivity contribution >= 4 is 0 Å². The Morgan fingerprint density at radius 3 is 1.46 bits per heavy atom. The molecule has 0 saturated heterocycles. The van der Waals surface area contributed by atoms with Gasteiger partial charge in [-0.2, -0.15) is 26.8 Å². The molecule has 0 nitrogen and oxygen atoms in total. The fourth-order valence-electron chi connectivity index (χ4n) is 0.340. The van der Waals surface area contributed by atoms with Gasteiger partial charge < -0.3 is 28.2 Å². The van der Waals surface area contributed by atoms with Gasteiger partial charge in [0.15, 0.2) is 0 Å². The van der Waals surface area contributed by atoms with Crippen molar-refractivity contribution in [3.8, 4) is 0 Å². The first kappa shape index (κ1) is 29.2. The summed E-state index contributed by atoms with van der Waals surface area (Å²) in [6, 6.07) is 0. The smallest absolute Gasteiger partial charge is 0 e. The maximum Gasteiger partial charge on any atom is 0 e. The van der Waals surface area contributed by atoms with Crippen molar-refractivity contribution < 1.29 is 25.8 Å². The van der Waals surface area contributed by atoms with Gasteiger partial charge in [-0.05, 0) is 0 Å². The van der Waals surface area contributed by atoms with Gasteiger partial charge in [-0.3, -0.25) is 6.08 Å². The third-order valence-electron chi connectivity index (χ3n) is 0.586. The van der Waals surface area contributed by atoms with E-state index in [1.165, 1.54) is 0 Å². The Kier molecular flexibility index (Phi) is 125. The molecule has 0 radical (unpaired) electrons. The van der Waals surface area contributed by atoms with E-state index in [0.29, 0.717) is 0 Å². The second-order valence-electron chi connectivity index (χ2n) is 1.00. The van der Waals surface area contributed by atoms with Crippen molar-refractivity contribution in [3.63, 3.8) is 0 Å². The van der Waals surface area contributed by atoms with Gasteiger partial charge in [-0.25, -0.2) is 12.2 Å². The molecule has 0 N–H and O–H groups in total. The molecule has 0 heterocycles. The van der Waals surface area contributed by atoms with Crippen LogP contribution in [0.15, 0.2) is 18.2 Å². The summed E-state index contributed by atoms with van der Waals surface area (Å²) >= 11 is 0. The Hall–Kier alpha value is 0.350. The molecule has 0 amide bonds. The molecule has 0 fully saturated rings. The van der Waals surface area contributed by atoms with Crippen molar-refractivity contribution in [2.24, 2.45) is 0 Å². The summed E-state index contributed by atoms with van der Waals surface area (Å²) in [4.78, 5) is 0. The van der Waals surface area contributed by atoms with Crippen LogP contribution in [0.4, 0.5) is 0 Å². The number of hydrogen-bond donors (Lipinski definition) is 0. The zero-order chi connectivity index (χ0) is 9.54. The summed E-state index contributed by atoms with van der Waals surface area (Å²) < 4.78 is 0. The van der Waals surface area contributed by atoms with Crippen molar-refractivity contribution in [3.05, 3.63) is 52.5 Å². The van der Waals surface area contributed by atoms with E-state index < -0.39 is 0 Å². The predicted molar refractivity (Wildman–Crippen MR) is 61.1 cm³/mol. The minimum Gasteiger partial charge on any atom is -0.358 e. The Morgan fingerprint density at radius 2 is 1.38 bits per heavy atom. The van der Waals surface area contributed by atoms with Gasteiger partial charge in [0.25, 0.3) is 0 Å². The third-order valence-corrected chi connectivity index (χ3v) is 0.586. The molecule has 0 aromatic heterocycles. The minimum absolute atomic E-state index is 0. The topological polar surface area (TPSA) is 0 Å². The molecule has 1 aliphatic rings. The Balaban J connectivity index is -0.0000000239. The molecule has 80 valence electrons. The predicted octanol–water partition coefficient (Wildman–Crippen LogP) is 4.27. The molecule has 0 atom stereocenters. The molecule has 1 rings (SSSR count). The average molecular weight is 346 g/mol. The molecular weight excluding hydrogens is 323 g/mol. The van der Waals surface area contributed by atoms with Crippen LogP contribution in [-0.2, 0) is 25.8 Å². The second-order valence-corrected chi connectivity index (χ2v) is 1.00. The van der Waals surface area contributed by atoms with Crippen molar-refractivity contribution in [2.75, 3.05) is 0 Å². The quantitative estimate of drug-likeness (QED) is 0.454. The molecule has 0 saturated carbocycles. The van der Waals surface area contributed by atoms with Crippen LogP contribution in [0.25, 0.3) is 0 Å². The zero-order valence-corrected chi connectivity index (χ0v) is 13.2. The molecule has 0 unspecified atom stereocenters.